The summed E-state index contributed by atoms with van der Waals surface area (Å²) in [6.45, 7) is 0. The minimum atomic E-state index is -1.50. The highest BCUT2D eigenvalue weighted by Crippen LogP contribution is 2.26. The molecule has 1 aromatic carbocycles. The van der Waals surface area contributed by atoms with Crippen LogP contribution in [0.5, 0.6) is 5.75 Å². The van der Waals surface area contributed by atoms with Gasteiger partial charge in [-0.05, 0) is 28.1 Å². The Hall–Kier alpha value is -1.36. The summed E-state index contributed by atoms with van der Waals surface area (Å²) in [6, 6.07) is 4.77. The minimum Gasteiger partial charge on any atom is -0.496 e. The molecule has 1 rings (SSSR count). The lowest BCUT2D eigenvalue weighted by Gasteiger charge is -2.06. The summed E-state index contributed by atoms with van der Waals surface area (Å²) in [7, 11) is 1.38. The van der Waals surface area contributed by atoms with Crippen LogP contribution in [0.15, 0.2) is 22.7 Å². The number of benzene rings is 1. The maximum atomic E-state index is 11.2. The van der Waals surface area contributed by atoms with Gasteiger partial charge in [0.25, 0.3) is 5.78 Å². The first-order valence-electron chi connectivity index (χ1n) is 3.68. The van der Waals surface area contributed by atoms with Crippen molar-refractivity contribution in [2.75, 3.05) is 7.11 Å². The number of carboxylic acids is 1. The number of ketones is 1. The van der Waals surface area contributed by atoms with Crippen LogP contribution in [0, 0.1) is 0 Å². The Bertz CT molecular complexity index is 386. The first kappa shape index (κ1) is 10.7. The van der Waals surface area contributed by atoms with Crippen molar-refractivity contribution in [1.29, 1.82) is 0 Å². The lowest BCUT2D eigenvalue weighted by atomic mass is 10.1. The van der Waals surface area contributed by atoms with Crippen molar-refractivity contribution in [3.63, 3.8) is 0 Å². The quantitative estimate of drug-likeness (QED) is 0.663. The number of carboxylic acid groups (broad SMARTS) is 1. The number of rotatable bonds is 3. The number of hydrogen-bond donors (Lipinski definition) is 1. The zero-order valence-corrected chi connectivity index (χ0v) is 8.87. The Morgan fingerprint density at radius 1 is 1.43 bits per heavy atom. The molecule has 4 nitrogen and oxygen atoms in total. The van der Waals surface area contributed by atoms with Crippen molar-refractivity contribution < 1.29 is 19.4 Å². The number of carbonyl (C=O) groups excluding carboxylic acids is 1. The number of ether oxygens (including phenoxy) is 1. The van der Waals surface area contributed by atoms with E-state index in [0.717, 1.165) is 0 Å². The van der Waals surface area contributed by atoms with E-state index in [9.17, 15) is 9.59 Å². The van der Waals surface area contributed by atoms with Gasteiger partial charge in [-0.2, -0.15) is 0 Å². The zero-order valence-electron chi connectivity index (χ0n) is 7.28. The lowest BCUT2D eigenvalue weighted by Crippen LogP contribution is -2.14. The molecule has 5 heteroatoms. The molecule has 0 saturated heterocycles. The van der Waals surface area contributed by atoms with Crippen LogP contribution in [-0.4, -0.2) is 24.0 Å². The monoisotopic (exact) mass is 258 g/mol. The third kappa shape index (κ3) is 1.93. The maximum Gasteiger partial charge on any atom is 0.377 e. The van der Waals surface area contributed by atoms with Crippen LogP contribution in [0.3, 0.4) is 0 Å². The van der Waals surface area contributed by atoms with Gasteiger partial charge in [0.1, 0.15) is 5.75 Å². The summed E-state index contributed by atoms with van der Waals surface area (Å²) < 4.78 is 5.29. The molecular weight excluding hydrogens is 252 g/mol. The molecule has 0 aliphatic carbocycles. The van der Waals surface area contributed by atoms with Crippen LogP contribution < -0.4 is 4.74 Å². The molecule has 74 valence electrons. The van der Waals surface area contributed by atoms with Crippen LogP contribution in [0.2, 0.25) is 0 Å². The molecular formula is C9H7BrO4. The average molecular weight is 259 g/mol. The fraction of sp³-hybridized carbons (Fsp3) is 0.111. The van der Waals surface area contributed by atoms with Gasteiger partial charge in [-0.3, -0.25) is 4.79 Å². The Balaban J connectivity index is 3.30. The van der Waals surface area contributed by atoms with Gasteiger partial charge in [-0.1, -0.05) is 6.07 Å². The lowest BCUT2D eigenvalue weighted by molar-refractivity contribution is -0.131. The van der Waals surface area contributed by atoms with Gasteiger partial charge >= 0.3 is 5.97 Å². The van der Waals surface area contributed by atoms with Crippen molar-refractivity contribution in [3.8, 4) is 5.75 Å². The molecule has 0 atom stereocenters. The van der Waals surface area contributed by atoms with Crippen molar-refractivity contribution in [1.82, 2.24) is 0 Å². The van der Waals surface area contributed by atoms with Gasteiger partial charge in [0, 0.05) is 4.47 Å². The van der Waals surface area contributed by atoms with Crippen LogP contribution in [0.1, 0.15) is 10.4 Å². The number of hydrogen-bond acceptors (Lipinski definition) is 3. The van der Waals surface area contributed by atoms with E-state index < -0.39 is 11.8 Å². The summed E-state index contributed by atoms with van der Waals surface area (Å²) in [5, 5.41) is 8.55. The summed E-state index contributed by atoms with van der Waals surface area (Å²) in [5.41, 5.74) is 0.0301. The second kappa shape index (κ2) is 4.23. The molecule has 14 heavy (non-hydrogen) atoms. The van der Waals surface area contributed by atoms with Crippen molar-refractivity contribution in [2.24, 2.45) is 0 Å². The Morgan fingerprint density at radius 2 is 2.07 bits per heavy atom. The Morgan fingerprint density at radius 3 is 2.57 bits per heavy atom. The van der Waals surface area contributed by atoms with Gasteiger partial charge in [0.05, 0.1) is 12.7 Å². The third-order valence-electron chi connectivity index (χ3n) is 1.62. The topological polar surface area (TPSA) is 63.6 Å². The zero-order chi connectivity index (χ0) is 10.7. The van der Waals surface area contributed by atoms with Crippen LogP contribution in [0.25, 0.3) is 0 Å². The molecule has 0 aromatic heterocycles. The van der Waals surface area contributed by atoms with Crippen molar-refractivity contribution >= 4 is 27.7 Å². The molecule has 0 bridgehead atoms. The number of halogens is 1. The Kier molecular flexibility index (Phi) is 3.24. The van der Waals surface area contributed by atoms with E-state index in [4.69, 9.17) is 9.84 Å². The van der Waals surface area contributed by atoms with E-state index in [1.165, 1.54) is 13.2 Å². The van der Waals surface area contributed by atoms with Gasteiger partial charge in [0.2, 0.25) is 0 Å². The van der Waals surface area contributed by atoms with Crippen LogP contribution in [0.4, 0.5) is 0 Å². The van der Waals surface area contributed by atoms with E-state index in [1.807, 2.05) is 0 Å². The van der Waals surface area contributed by atoms with Gasteiger partial charge < -0.3 is 9.84 Å². The van der Waals surface area contributed by atoms with E-state index >= 15 is 0 Å². The molecule has 1 aromatic rings. The predicted octanol–water partition coefficient (Wildman–Crippen LogP) is 1.73. The molecule has 0 unspecified atom stereocenters. The van der Waals surface area contributed by atoms with E-state index in [-0.39, 0.29) is 11.3 Å². The summed E-state index contributed by atoms with van der Waals surface area (Å²) >= 11 is 3.09. The largest absolute Gasteiger partial charge is 0.496 e. The molecule has 0 heterocycles. The summed E-state index contributed by atoms with van der Waals surface area (Å²) in [5.74, 6) is -2.25. The average Bonchev–Trinajstić information content (AvgIpc) is 2.16. The minimum absolute atomic E-state index is 0.0301. The number of aliphatic carboxylic acids is 1. The SMILES string of the molecule is COc1cccc(Br)c1C(=O)C(=O)O. The van der Waals surface area contributed by atoms with Crippen LogP contribution in [-0.2, 0) is 4.79 Å². The fourth-order valence-corrected chi connectivity index (χ4v) is 1.53. The van der Waals surface area contributed by atoms with E-state index in [2.05, 4.69) is 15.9 Å². The van der Waals surface area contributed by atoms with Gasteiger partial charge in [0.15, 0.2) is 0 Å². The second-order valence-electron chi connectivity index (χ2n) is 2.45. The highest BCUT2D eigenvalue weighted by molar-refractivity contribution is 9.10. The van der Waals surface area contributed by atoms with Crippen LogP contribution >= 0.6 is 15.9 Å². The summed E-state index contributed by atoms with van der Waals surface area (Å²) in [6.07, 6.45) is 0. The first-order valence-corrected chi connectivity index (χ1v) is 4.47. The predicted molar refractivity (Wildman–Crippen MR) is 52.7 cm³/mol. The molecule has 0 saturated carbocycles. The number of carbonyl (C=O) groups is 2. The summed E-state index contributed by atoms with van der Waals surface area (Å²) in [4.78, 5) is 21.7. The number of Topliss-reactive ketones (excluding diaryl/α,β-unsaturated/α-hetero) is 1. The standard InChI is InChI=1S/C9H7BrO4/c1-14-6-4-2-3-5(10)7(6)8(11)9(12)13/h2-4H,1H3,(H,12,13). The van der Waals surface area contributed by atoms with E-state index in [1.54, 1.807) is 12.1 Å². The smallest absolute Gasteiger partial charge is 0.377 e. The molecule has 0 amide bonds. The highest BCUT2D eigenvalue weighted by atomic mass is 79.9. The molecule has 0 fully saturated rings. The molecule has 0 spiro atoms. The molecule has 0 radical (unpaired) electrons. The Labute approximate surface area is 88.6 Å². The number of methoxy groups -OCH3 is 1. The molecule has 0 aliphatic rings. The maximum absolute atomic E-state index is 11.2. The van der Waals surface area contributed by atoms with Crippen molar-refractivity contribution in [3.05, 3.63) is 28.2 Å². The highest BCUT2D eigenvalue weighted by Gasteiger charge is 2.21. The molecule has 0 aliphatic heterocycles. The van der Waals surface area contributed by atoms with Gasteiger partial charge in [-0.25, -0.2) is 4.79 Å². The van der Waals surface area contributed by atoms with E-state index in [0.29, 0.717) is 4.47 Å². The third-order valence-corrected chi connectivity index (χ3v) is 2.28. The normalized spacial score (nSPS) is 9.57. The molecule has 1 N–H and O–H groups in total. The van der Waals surface area contributed by atoms with Gasteiger partial charge in [-0.15, -0.1) is 0 Å². The second-order valence-corrected chi connectivity index (χ2v) is 3.31. The first-order chi connectivity index (χ1) is 6.57. The van der Waals surface area contributed by atoms with Crippen molar-refractivity contribution in [2.45, 2.75) is 0 Å². The fourth-order valence-electron chi connectivity index (χ4n) is 1.00.